The normalized spacial score (nSPS) is 12.7. The van der Waals surface area contributed by atoms with Crippen molar-refractivity contribution in [2.75, 3.05) is 13.7 Å². The highest BCUT2D eigenvalue weighted by molar-refractivity contribution is 7.89. The standard InChI is InChI=1S/C10H15ClN2O3S/c1-10(2,7-16-3)13-17(14,15)8-4-5-9(11)12-6-8/h4-6,13H,7H2,1-3H3. The molecule has 0 bridgehead atoms. The van der Waals surface area contributed by atoms with Crippen LogP contribution < -0.4 is 4.72 Å². The van der Waals surface area contributed by atoms with Gasteiger partial charge in [-0.3, -0.25) is 0 Å². The Bertz CT molecular complexity index is 471. The first-order valence-corrected chi connectivity index (χ1v) is 6.77. The summed E-state index contributed by atoms with van der Waals surface area (Å²) in [7, 11) is -2.09. The minimum atomic E-state index is -3.61. The van der Waals surface area contributed by atoms with Gasteiger partial charge in [-0.1, -0.05) is 11.6 Å². The second kappa shape index (κ2) is 5.30. The molecule has 0 unspecified atom stereocenters. The number of rotatable bonds is 5. The van der Waals surface area contributed by atoms with Gasteiger partial charge in [0, 0.05) is 13.3 Å². The van der Waals surface area contributed by atoms with Crippen LogP contribution in [0.3, 0.4) is 0 Å². The Morgan fingerprint density at radius 1 is 1.47 bits per heavy atom. The molecule has 0 saturated carbocycles. The van der Waals surface area contributed by atoms with E-state index in [0.29, 0.717) is 0 Å². The van der Waals surface area contributed by atoms with Crippen LogP contribution in [0.15, 0.2) is 23.2 Å². The van der Waals surface area contributed by atoms with Crippen LogP contribution in [-0.4, -0.2) is 32.7 Å². The lowest BCUT2D eigenvalue weighted by Gasteiger charge is -2.24. The fraction of sp³-hybridized carbons (Fsp3) is 0.500. The van der Waals surface area contributed by atoms with Crippen LogP contribution >= 0.6 is 11.6 Å². The van der Waals surface area contributed by atoms with Gasteiger partial charge in [-0.25, -0.2) is 18.1 Å². The van der Waals surface area contributed by atoms with Gasteiger partial charge >= 0.3 is 0 Å². The number of pyridine rings is 1. The SMILES string of the molecule is COCC(C)(C)NS(=O)(=O)c1ccc(Cl)nc1. The molecule has 1 heterocycles. The molecule has 5 nitrogen and oxygen atoms in total. The number of hydrogen-bond donors (Lipinski definition) is 1. The van der Waals surface area contributed by atoms with Gasteiger partial charge < -0.3 is 4.74 Å². The summed E-state index contributed by atoms with van der Waals surface area (Å²) in [6.45, 7) is 3.74. The fourth-order valence-corrected chi connectivity index (χ4v) is 2.79. The molecular formula is C10H15ClN2O3S. The quantitative estimate of drug-likeness (QED) is 0.828. The molecule has 0 aromatic carbocycles. The number of hydrogen-bond acceptors (Lipinski definition) is 4. The molecule has 0 aliphatic rings. The average Bonchev–Trinajstić information content (AvgIpc) is 2.16. The minimum absolute atomic E-state index is 0.0751. The van der Waals surface area contributed by atoms with Gasteiger partial charge in [0.05, 0.1) is 12.1 Å². The van der Waals surface area contributed by atoms with E-state index >= 15 is 0 Å². The summed E-state index contributed by atoms with van der Waals surface area (Å²) in [5, 5.41) is 0.250. The predicted molar refractivity (Wildman–Crippen MR) is 65.5 cm³/mol. The molecule has 0 saturated heterocycles. The van der Waals surface area contributed by atoms with E-state index < -0.39 is 15.6 Å². The number of nitrogens with zero attached hydrogens (tertiary/aromatic N) is 1. The van der Waals surface area contributed by atoms with Crippen molar-refractivity contribution in [2.45, 2.75) is 24.3 Å². The van der Waals surface area contributed by atoms with Gasteiger partial charge in [0.25, 0.3) is 0 Å². The molecule has 1 aromatic rings. The zero-order chi connectivity index (χ0) is 13.1. The highest BCUT2D eigenvalue weighted by Crippen LogP contribution is 2.14. The number of ether oxygens (including phenoxy) is 1. The molecule has 0 atom stereocenters. The van der Waals surface area contributed by atoms with Crippen molar-refractivity contribution in [3.63, 3.8) is 0 Å². The van der Waals surface area contributed by atoms with E-state index in [-0.39, 0.29) is 16.7 Å². The minimum Gasteiger partial charge on any atom is -0.383 e. The second-order valence-electron chi connectivity index (χ2n) is 4.24. The van der Waals surface area contributed by atoms with Crippen molar-refractivity contribution >= 4 is 21.6 Å². The van der Waals surface area contributed by atoms with Gasteiger partial charge in [-0.2, -0.15) is 0 Å². The third-order valence-corrected chi connectivity index (χ3v) is 3.83. The van der Waals surface area contributed by atoms with E-state index in [2.05, 4.69) is 9.71 Å². The molecule has 0 radical (unpaired) electrons. The molecule has 1 aromatic heterocycles. The Kier molecular flexibility index (Phi) is 4.48. The van der Waals surface area contributed by atoms with Crippen molar-refractivity contribution in [3.05, 3.63) is 23.5 Å². The maximum Gasteiger partial charge on any atom is 0.242 e. The smallest absolute Gasteiger partial charge is 0.242 e. The Hall–Kier alpha value is -0.690. The van der Waals surface area contributed by atoms with Gasteiger partial charge in [0.2, 0.25) is 10.0 Å². The van der Waals surface area contributed by atoms with Crippen LogP contribution in [-0.2, 0) is 14.8 Å². The van der Waals surface area contributed by atoms with E-state index in [1.807, 2.05) is 0 Å². The molecule has 7 heteroatoms. The molecule has 1 rings (SSSR count). The molecule has 0 amide bonds. The van der Waals surface area contributed by atoms with E-state index in [4.69, 9.17) is 16.3 Å². The Labute approximate surface area is 106 Å². The lowest BCUT2D eigenvalue weighted by atomic mass is 10.1. The summed E-state index contributed by atoms with van der Waals surface area (Å²) in [6, 6.07) is 2.83. The molecule has 0 aliphatic heterocycles. The molecule has 17 heavy (non-hydrogen) atoms. The van der Waals surface area contributed by atoms with Crippen LogP contribution in [0.5, 0.6) is 0 Å². The number of nitrogens with one attached hydrogen (secondary N) is 1. The van der Waals surface area contributed by atoms with E-state index in [9.17, 15) is 8.42 Å². The number of halogens is 1. The first kappa shape index (κ1) is 14.4. The second-order valence-corrected chi connectivity index (χ2v) is 6.31. The summed E-state index contributed by atoms with van der Waals surface area (Å²) in [6.07, 6.45) is 1.22. The monoisotopic (exact) mass is 278 g/mol. The largest absolute Gasteiger partial charge is 0.383 e. The average molecular weight is 279 g/mol. The Morgan fingerprint density at radius 2 is 2.12 bits per heavy atom. The van der Waals surface area contributed by atoms with Gasteiger partial charge in [-0.05, 0) is 26.0 Å². The van der Waals surface area contributed by atoms with E-state index in [1.165, 1.54) is 25.4 Å². The maximum atomic E-state index is 12.0. The number of methoxy groups -OCH3 is 1. The van der Waals surface area contributed by atoms with Gasteiger partial charge in [0.1, 0.15) is 10.0 Å². The van der Waals surface area contributed by atoms with E-state index in [1.54, 1.807) is 13.8 Å². The first-order valence-electron chi connectivity index (χ1n) is 4.91. The topological polar surface area (TPSA) is 68.3 Å². The van der Waals surface area contributed by atoms with Crippen molar-refractivity contribution in [2.24, 2.45) is 0 Å². The lowest BCUT2D eigenvalue weighted by Crippen LogP contribution is -2.46. The Morgan fingerprint density at radius 3 is 2.59 bits per heavy atom. The van der Waals surface area contributed by atoms with Crippen molar-refractivity contribution in [3.8, 4) is 0 Å². The predicted octanol–water partition coefficient (Wildman–Crippen LogP) is 1.44. The van der Waals surface area contributed by atoms with Crippen LogP contribution in [0.25, 0.3) is 0 Å². The summed E-state index contributed by atoms with van der Waals surface area (Å²) in [5.41, 5.74) is -0.687. The zero-order valence-electron chi connectivity index (χ0n) is 9.90. The summed E-state index contributed by atoms with van der Waals surface area (Å²) < 4.78 is 31.4. The highest BCUT2D eigenvalue weighted by atomic mass is 35.5. The summed E-state index contributed by atoms with van der Waals surface area (Å²) in [4.78, 5) is 3.81. The summed E-state index contributed by atoms with van der Waals surface area (Å²) >= 11 is 5.60. The molecule has 1 N–H and O–H groups in total. The first-order chi connectivity index (χ1) is 7.77. The van der Waals surface area contributed by atoms with Crippen LogP contribution in [0.2, 0.25) is 5.15 Å². The zero-order valence-corrected chi connectivity index (χ0v) is 11.5. The third kappa shape index (κ3) is 4.23. The number of aromatic nitrogens is 1. The van der Waals surface area contributed by atoms with Crippen LogP contribution in [0.4, 0.5) is 0 Å². The fourth-order valence-electron chi connectivity index (χ4n) is 1.33. The lowest BCUT2D eigenvalue weighted by molar-refractivity contribution is 0.141. The number of sulfonamides is 1. The van der Waals surface area contributed by atoms with Crippen molar-refractivity contribution in [1.29, 1.82) is 0 Å². The molecular weight excluding hydrogens is 264 g/mol. The van der Waals surface area contributed by atoms with Gasteiger partial charge in [-0.15, -0.1) is 0 Å². The molecule has 96 valence electrons. The maximum absolute atomic E-state index is 12.0. The van der Waals surface area contributed by atoms with Crippen molar-refractivity contribution < 1.29 is 13.2 Å². The molecule has 0 aliphatic carbocycles. The third-order valence-electron chi connectivity index (χ3n) is 1.93. The van der Waals surface area contributed by atoms with Crippen LogP contribution in [0.1, 0.15) is 13.8 Å². The Balaban J connectivity index is 2.93. The highest BCUT2D eigenvalue weighted by Gasteiger charge is 2.26. The molecule has 0 spiro atoms. The van der Waals surface area contributed by atoms with E-state index in [0.717, 1.165) is 0 Å². The van der Waals surface area contributed by atoms with Crippen molar-refractivity contribution in [1.82, 2.24) is 9.71 Å². The van der Waals surface area contributed by atoms with Crippen LogP contribution in [0, 0.1) is 0 Å². The molecule has 0 fully saturated rings. The summed E-state index contributed by atoms with van der Waals surface area (Å²) in [5.74, 6) is 0. The van der Waals surface area contributed by atoms with Gasteiger partial charge in [0.15, 0.2) is 0 Å².